The maximum absolute atomic E-state index is 4.47. The van der Waals surface area contributed by atoms with Crippen LogP contribution in [-0.2, 0) is 0 Å². The standard InChI is InChI=1S/C10H13BrN2/c11-10-5-1-4-9(13-10)8-3-2-6-12-7-8/h1,4-5,8,12H,2-3,6-7H2/t8-/m0/s1. The monoisotopic (exact) mass is 240 g/mol. The lowest BCUT2D eigenvalue weighted by atomic mass is 9.96. The van der Waals surface area contributed by atoms with E-state index in [0.29, 0.717) is 5.92 Å². The Balaban J connectivity index is 2.14. The molecule has 1 atom stereocenters. The molecule has 0 unspecified atom stereocenters. The van der Waals surface area contributed by atoms with Crippen molar-refractivity contribution in [2.24, 2.45) is 0 Å². The number of hydrogen-bond donors (Lipinski definition) is 1. The smallest absolute Gasteiger partial charge is 0.106 e. The summed E-state index contributed by atoms with van der Waals surface area (Å²) in [6.45, 7) is 2.23. The van der Waals surface area contributed by atoms with Crippen LogP contribution in [0.25, 0.3) is 0 Å². The number of halogens is 1. The van der Waals surface area contributed by atoms with Gasteiger partial charge in [-0.1, -0.05) is 6.07 Å². The van der Waals surface area contributed by atoms with E-state index in [-0.39, 0.29) is 0 Å². The molecule has 1 N–H and O–H groups in total. The van der Waals surface area contributed by atoms with Crippen molar-refractivity contribution in [2.45, 2.75) is 18.8 Å². The van der Waals surface area contributed by atoms with Crippen LogP contribution in [0.4, 0.5) is 0 Å². The Morgan fingerprint density at radius 2 is 2.38 bits per heavy atom. The molecule has 0 aliphatic carbocycles. The van der Waals surface area contributed by atoms with Crippen molar-refractivity contribution < 1.29 is 0 Å². The molecule has 13 heavy (non-hydrogen) atoms. The molecule has 1 aliphatic rings. The number of nitrogens with zero attached hydrogens (tertiary/aromatic N) is 1. The number of aromatic nitrogens is 1. The molecule has 1 fully saturated rings. The highest BCUT2D eigenvalue weighted by molar-refractivity contribution is 9.10. The van der Waals surface area contributed by atoms with Crippen LogP contribution in [0.5, 0.6) is 0 Å². The van der Waals surface area contributed by atoms with Gasteiger partial charge in [0.25, 0.3) is 0 Å². The van der Waals surface area contributed by atoms with E-state index < -0.39 is 0 Å². The summed E-state index contributed by atoms with van der Waals surface area (Å²) >= 11 is 3.40. The van der Waals surface area contributed by atoms with Gasteiger partial charge in [-0.3, -0.25) is 0 Å². The lowest BCUT2D eigenvalue weighted by Crippen LogP contribution is -2.28. The zero-order chi connectivity index (χ0) is 9.10. The van der Waals surface area contributed by atoms with Gasteiger partial charge in [-0.05, 0) is 47.4 Å². The predicted molar refractivity (Wildman–Crippen MR) is 56.8 cm³/mol. The second kappa shape index (κ2) is 4.20. The van der Waals surface area contributed by atoms with E-state index in [1.165, 1.54) is 18.5 Å². The van der Waals surface area contributed by atoms with E-state index in [1.54, 1.807) is 0 Å². The molecule has 0 bridgehead atoms. The zero-order valence-corrected chi connectivity index (χ0v) is 9.05. The fourth-order valence-electron chi connectivity index (χ4n) is 1.76. The van der Waals surface area contributed by atoms with E-state index in [1.807, 2.05) is 6.07 Å². The highest BCUT2D eigenvalue weighted by atomic mass is 79.9. The Morgan fingerprint density at radius 1 is 1.46 bits per heavy atom. The number of piperidine rings is 1. The highest BCUT2D eigenvalue weighted by Crippen LogP contribution is 2.22. The Hall–Kier alpha value is -0.410. The van der Waals surface area contributed by atoms with Gasteiger partial charge in [0, 0.05) is 18.2 Å². The Labute approximate surface area is 86.9 Å². The van der Waals surface area contributed by atoms with E-state index in [9.17, 15) is 0 Å². The summed E-state index contributed by atoms with van der Waals surface area (Å²) in [6.07, 6.45) is 2.52. The fraction of sp³-hybridized carbons (Fsp3) is 0.500. The summed E-state index contributed by atoms with van der Waals surface area (Å²) in [6, 6.07) is 6.14. The van der Waals surface area contributed by atoms with Crippen molar-refractivity contribution in [3.8, 4) is 0 Å². The minimum Gasteiger partial charge on any atom is -0.316 e. The average molecular weight is 241 g/mol. The third-order valence-electron chi connectivity index (χ3n) is 2.45. The molecule has 0 saturated carbocycles. The third-order valence-corrected chi connectivity index (χ3v) is 2.89. The van der Waals surface area contributed by atoms with Gasteiger partial charge in [0.1, 0.15) is 4.60 Å². The molecule has 1 aliphatic heterocycles. The molecule has 1 aromatic heterocycles. The molecular formula is C10H13BrN2. The third kappa shape index (κ3) is 2.29. The molecular weight excluding hydrogens is 228 g/mol. The molecule has 0 amide bonds. The number of nitrogens with one attached hydrogen (secondary N) is 1. The van der Waals surface area contributed by atoms with Crippen LogP contribution in [0, 0.1) is 0 Å². The lowest BCUT2D eigenvalue weighted by Gasteiger charge is -2.22. The minimum absolute atomic E-state index is 0.603. The molecule has 0 spiro atoms. The highest BCUT2D eigenvalue weighted by Gasteiger charge is 2.15. The van der Waals surface area contributed by atoms with Gasteiger partial charge in [-0.15, -0.1) is 0 Å². The van der Waals surface area contributed by atoms with Crippen LogP contribution in [0.1, 0.15) is 24.5 Å². The van der Waals surface area contributed by atoms with Crippen LogP contribution in [0.2, 0.25) is 0 Å². The van der Waals surface area contributed by atoms with Gasteiger partial charge in [0.05, 0.1) is 0 Å². The zero-order valence-electron chi connectivity index (χ0n) is 7.46. The van der Waals surface area contributed by atoms with Crippen molar-refractivity contribution in [1.29, 1.82) is 0 Å². The molecule has 1 aromatic rings. The van der Waals surface area contributed by atoms with Crippen molar-refractivity contribution in [1.82, 2.24) is 10.3 Å². The summed E-state index contributed by atoms with van der Waals surface area (Å²) in [5.41, 5.74) is 1.21. The SMILES string of the molecule is Brc1cccc([C@H]2CCCNC2)n1. The van der Waals surface area contributed by atoms with Crippen molar-refractivity contribution in [3.05, 3.63) is 28.5 Å². The van der Waals surface area contributed by atoms with Crippen LogP contribution < -0.4 is 5.32 Å². The van der Waals surface area contributed by atoms with Gasteiger partial charge in [-0.25, -0.2) is 4.98 Å². The number of rotatable bonds is 1. The Kier molecular flexibility index (Phi) is 2.96. The maximum Gasteiger partial charge on any atom is 0.106 e. The van der Waals surface area contributed by atoms with Gasteiger partial charge in [-0.2, -0.15) is 0 Å². The first-order chi connectivity index (χ1) is 6.36. The van der Waals surface area contributed by atoms with Crippen molar-refractivity contribution >= 4 is 15.9 Å². The second-order valence-electron chi connectivity index (χ2n) is 3.43. The number of pyridine rings is 1. The van der Waals surface area contributed by atoms with E-state index in [0.717, 1.165) is 17.7 Å². The Morgan fingerprint density at radius 3 is 3.08 bits per heavy atom. The molecule has 3 heteroatoms. The average Bonchev–Trinajstić information content (AvgIpc) is 2.19. The predicted octanol–water partition coefficient (Wildman–Crippen LogP) is 2.31. The topological polar surface area (TPSA) is 24.9 Å². The van der Waals surface area contributed by atoms with Crippen LogP contribution >= 0.6 is 15.9 Å². The Bertz CT molecular complexity index is 282. The lowest BCUT2D eigenvalue weighted by molar-refractivity contribution is 0.454. The molecule has 0 aromatic carbocycles. The molecule has 2 heterocycles. The first-order valence-corrected chi connectivity index (χ1v) is 5.49. The maximum atomic E-state index is 4.47. The van der Waals surface area contributed by atoms with Crippen molar-refractivity contribution in [3.63, 3.8) is 0 Å². The minimum atomic E-state index is 0.603. The normalized spacial score (nSPS) is 23.0. The van der Waals surface area contributed by atoms with E-state index in [4.69, 9.17) is 0 Å². The summed E-state index contributed by atoms with van der Waals surface area (Å²) in [4.78, 5) is 4.47. The first-order valence-electron chi connectivity index (χ1n) is 4.69. The van der Waals surface area contributed by atoms with Crippen LogP contribution in [0.15, 0.2) is 22.8 Å². The summed E-state index contributed by atoms with van der Waals surface area (Å²) in [5, 5.41) is 3.40. The molecule has 2 rings (SSSR count). The largest absolute Gasteiger partial charge is 0.316 e. The quantitative estimate of drug-likeness (QED) is 0.763. The van der Waals surface area contributed by atoms with E-state index >= 15 is 0 Å². The summed E-state index contributed by atoms with van der Waals surface area (Å²) in [7, 11) is 0. The van der Waals surface area contributed by atoms with E-state index in [2.05, 4.69) is 38.4 Å². The molecule has 2 nitrogen and oxygen atoms in total. The van der Waals surface area contributed by atoms with Crippen LogP contribution in [-0.4, -0.2) is 18.1 Å². The van der Waals surface area contributed by atoms with Gasteiger partial charge in [0.2, 0.25) is 0 Å². The van der Waals surface area contributed by atoms with Crippen LogP contribution in [0.3, 0.4) is 0 Å². The van der Waals surface area contributed by atoms with Gasteiger partial charge >= 0.3 is 0 Å². The number of hydrogen-bond acceptors (Lipinski definition) is 2. The molecule has 1 saturated heterocycles. The second-order valence-corrected chi connectivity index (χ2v) is 4.24. The molecule has 0 radical (unpaired) electrons. The fourth-order valence-corrected chi connectivity index (χ4v) is 2.11. The first kappa shape index (κ1) is 9.16. The van der Waals surface area contributed by atoms with Gasteiger partial charge in [0.15, 0.2) is 0 Å². The molecule has 70 valence electrons. The summed E-state index contributed by atoms with van der Waals surface area (Å²) in [5.74, 6) is 0.603. The summed E-state index contributed by atoms with van der Waals surface area (Å²) < 4.78 is 0.940. The van der Waals surface area contributed by atoms with Gasteiger partial charge < -0.3 is 5.32 Å². The van der Waals surface area contributed by atoms with Crippen molar-refractivity contribution in [2.75, 3.05) is 13.1 Å².